The van der Waals surface area contributed by atoms with Crippen LogP contribution in [0.1, 0.15) is 22.2 Å². The topological polar surface area (TPSA) is 74.2 Å². The average Bonchev–Trinajstić information content (AvgIpc) is 3.00. The molecule has 22 heavy (non-hydrogen) atoms. The monoisotopic (exact) mass is 317 g/mol. The van der Waals surface area contributed by atoms with Crippen molar-refractivity contribution in [1.29, 1.82) is 0 Å². The average molecular weight is 317 g/mol. The predicted octanol–water partition coefficient (Wildman–Crippen LogP) is 2.38. The van der Waals surface area contributed by atoms with Gasteiger partial charge in [-0.15, -0.1) is 6.58 Å². The number of hydrogen-bond donors (Lipinski definition) is 3. The van der Waals surface area contributed by atoms with Crippen LogP contribution in [0.3, 0.4) is 0 Å². The molecule has 0 spiro atoms. The second kappa shape index (κ2) is 7.20. The van der Waals surface area contributed by atoms with Gasteiger partial charge in [-0.2, -0.15) is 0 Å². The number of benzene rings is 1. The van der Waals surface area contributed by atoms with E-state index in [1.165, 1.54) is 17.5 Å². The number of nitrogens with one attached hydrogen (secondary N) is 2. The van der Waals surface area contributed by atoms with Gasteiger partial charge in [0, 0.05) is 6.54 Å². The maximum Gasteiger partial charge on any atom is 0.263 e. The molecular formula is C16H19N3O2S. The molecule has 0 saturated carbocycles. The van der Waals surface area contributed by atoms with Gasteiger partial charge in [-0.1, -0.05) is 47.7 Å². The van der Waals surface area contributed by atoms with Gasteiger partial charge in [-0.25, -0.2) is 4.98 Å². The Bertz CT molecular complexity index is 638. The summed E-state index contributed by atoms with van der Waals surface area (Å²) >= 11 is 1.26. The molecule has 1 amide bonds. The number of thiazole rings is 1. The summed E-state index contributed by atoms with van der Waals surface area (Å²) in [5.74, 6) is -0.250. The third-order valence-corrected chi connectivity index (χ3v) is 4.07. The van der Waals surface area contributed by atoms with Gasteiger partial charge in [0.15, 0.2) is 5.13 Å². The largest absolute Gasteiger partial charge is 0.384 e. The molecule has 0 aliphatic heterocycles. The Morgan fingerprint density at radius 1 is 1.45 bits per heavy atom. The van der Waals surface area contributed by atoms with E-state index >= 15 is 0 Å². The standard InChI is InChI=1S/C16H19N3O2S/c1-3-9-17-15-18-10-13(22-15)14(20)19-11-16(2,21)12-7-5-4-6-8-12/h3-8,10,21H,1,9,11H2,2H3,(H,17,18)(H,19,20). The van der Waals surface area contributed by atoms with Crippen LogP contribution < -0.4 is 10.6 Å². The Morgan fingerprint density at radius 3 is 2.86 bits per heavy atom. The van der Waals surface area contributed by atoms with Crippen molar-refractivity contribution < 1.29 is 9.90 Å². The fourth-order valence-corrected chi connectivity index (χ4v) is 2.60. The van der Waals surface area contributed by atoms with E-state index in [2.05, 4.69) is 22.2 Å². The number of hydrogen-bond acceptors (Lipinski definition) is 5. The number of anilines is 1. The number of aliphatic hydroxyl groups is 1. The van der Waals surface area contributed by atoms with Gasteiger partial charge in [-0.3, -0.25) is 4.79 Å². The molecular weight excluding hydrogens is 298 g/mol. The van der Waals surface area contributed by atoms with Gasteiger partial charge in [0.2, 0.25) is 0 Å². The summed E-state index contributed by atoms with van der Waals surface area (Å²) in [5.41, 5.74) is -0.362. The number of rotatable bonds is 7. The first-order valence-corrected chi connectivity index (χ1v) is 7.71. The lowest BCUT2D eigenvalue weighted by atomic mass is 9.96. The Balaban J connectivity index is 1.94. The summed E-state index contributed by atoms with van der Waals surface area (Å²) in [5, 5.41) is 16.9. The van der Waals surface area contributed by atoms with Gasteiger partial charge in [-0.05, 0) is 12.5 Å². The van der Waals surface area contributed by atoms with E-state index in [0.717, 1.165) is 5.56 Å². The Labute approximate surface area is 133 Å². The minimum absolute atomic E-state index is 0.128. The molecule has 116 valence electrons. The summed E-state index contributed by atoms with van der Waals surface area (Å²) < 4.78 is 0. The summed E-state index contributed by atoms with van der Waals surface area (Å²) in [6.07, 6.45) is 3.24. The van der Waals surface area contributed by atoms with E-state index in [-0.39, 0.29) is 12.5 Å². The molecule has 2 aromatic rings. The van der Waals surface area contributed by atoms with Crippen LogP contribution in [0, 0.1) is 0 Å². The Morgan fingerprint density at radius 2 is 2.18 bits per heavy atom. The normalized spacial score (nSPS) is 13.2. The maximum atomic E-state index is 12.1. The van der Waals surface area contributed by atoms with Crippen LogP contribution >= 0.6 is 11.3 Å². The molecule has 5 nitrogen and oxygen atoms in total. The first kappa shape index (κ1) is 16.2. The fraction of sp³-hybridized carbons (Fsp3) is 0.250. The second-order valence-electron chi connectivity index (χ2n) is 5.02. The van der Waals surface area contributed by atoms with Crippen molar-refractivity contribution in [2.75, 3.05) is 18.4 Å². The molecule has 1 atom stereocenters. The summed E-state index contributed by atoms with van der Waals surface area (Å²) in [4.78, 5) is 16.7. The zero-order chi connectivity index (χ0) is 16.0. The molecule has 2 rings (SSSR count). The molecule has 1 aromatic heterocycles. The highest BCUT2D eigenvalue weighted by atomic mass is 32.1. The van der Waals surface area contributed by atoms with E-state index in [4.69, 9.17) is 0 Å². The van der Waals surface area contributed by atoms with Crippen molar-refractivity contribution in [3.05, 3.63) is 59.6 Å². The summed E-state index contributed by atoms with van der Waals surface area (Å²) in [6, 6.07) is 9.25. The van der Waals surface area contributed by atoms with Crippen LogP contribution in [0.15, 0.2) is 49.2 Å². The van der Waals surface area contributed by atoms with E-state index in [1.54, 1.807) is 13.0 Å². The zero-order valence-electron chi connectivity index (χ0n) is 12.4. The Kier molecular flexibility index (Phi) is 5.30. The maximum absolute atomic E-state index is 12.1. The van der Waals surface area contributed by atoms with Gasteiger partial charge < -0.3 is 15.7 Å². The van der Waals surface area contributed by atoms with E-state index in [0.29, 0.717) is 16.6 Å². The molecule has 1 aromatic carbocycles. The number of carbonyl (C=O) groups excluding carboxylic acids is 1. The van der Waals surface area contributed by atoms with Crippen LogP contribution in [-0.2, 0) is 5.60 Å². The van der Waals surface area contributed by atoms with Crippen molar-refractivity contribution in [3.8, 4) is 0 Å². The van der Waals surface area contributed by atoms with E-state index < -0.39 is 5.60 Å². The molecule has 3 N–H and O–H groups in total. The molecule has 0 bridgehead atoms. The van der Waals surface area contributed by atoms with Crippen LogP contribution in [-0.4, -0.2) is 29.1 Å². The zero-order valence-corrected chi connectivity index (χ0v) is 13.2. The third-order valence-electron chi connectivity index (χ3n) is 3.12. The van der Waals surface area contributed by atoms with Crippen molar-refractivity contribution in [3.63, 3.8) is 0 Å². The van der Waals surface area contributed by atoms with Gasteiger partial charge in [0.1, 0.15) is 10.5 Å². The molecule has 0 radical (unpaired) electrons. The van der Waals surface area contributed by atoms with Crippen molar-refractivity contribution in [2.24, 2.45) is 0 Å². The smallest absolute Gasteiger partial charge is 0.263 e. The molecule has 1 unspecified atom stereocenters. The lowest BCUT2D eigenvalue weighted by Crippen LogP contribution is -2.38. The number of aromatic nitrogens is 1. The predicted molar refractivity (Wildman–Crippen MR) is 89.1 cm³/mol. The molecule has 6 heteroatoms. The second-order valence-corrected chi connectivity index (χ2v) is 6.05. The van der Waals surface area contributed by atoms with Crippen molar-refractivity contribution >= 4 is 22.4 Å². The quantitative estimate of drug-likeness (QED) is 0.686. The van der Waals surface area contributed by atoms with E-state index in [1.807, 2.05) is 30.3 Å². The summed E-state index contributed by atoms with van der Waals surface area (Å²) in [6.45, 7) is 6.01. The molecule has 0 aliphatic rings. The minimum atomic E-state index is -1.12. The van der Waals surface area contributed by atoms with Gasteiger partial charge >= 0.3 is 0 Å². The summed E-state index contributed by atoms with van der Waals surface area (Å²) in [7, 11) is 0. The SMILES string of the molecule is C=CCNc1ncc(C(=O)NCC(C)(O)c2ccccc2)s1. The van der Waals surface area contributed by atoms with Gasteiger partial charge in [0.05, 0.1) is 12.7 Å². The highest BCUT2D eigenvalue weighted by Gasteiger charge is 2.24. The lowest BCUT2D eigenvalue weighted by Gasteiger charge is -2.24. The molecule has 0 saturated heterocycles. The van der Waals surface area contributed by atoms with Crippen LogP contribution in [0.5, 0.6) is 0 Å². The van der Waals surface area contributed by atoms with Crippen molar-refractivity contribution in [2.45, 2.75) is 12.5 Å². The van der Waals surface area contributed by atoms with Crippen LogP contribution in [0.4, 0.5) is 5.13 Å². The Hall–Kier alpha value is -2.18. The first-order valence-electron chi connectivity index (χ1n) is 6.89. The number of nitrogens with zero attached hydrogens (tertiary/aromatic N) is 1. The number of carbonyl (C=O) groups is 1. The lowest BCUT2D eigenvalue weighted by molar-refractivity contribution is 0.0527. The first-order chi connectivity index (χ1) is 10.5. The van der Waals surface area contributed by atoms with E-state index in [9.17, 15) is 9.90 Å². The van der Waals surface area contributed by atoms with Crippen LogP contribution in [0.25, 0.3) is 0 Å². The van der Waals surface area contributed by atoms with Crippen molar-refractivity contribution in [1.82, 2.24) is 10.3 Å². The molecule has 0 fully saturated rings. The minimum Gasteiger partial charge on any atom is -0.384 e. The van der Waals surface area contributed by atoms with Gasteiger partial charge in [0.25, 0.3) is 5.91 Å². The fourth-order valence-electron chi connectivity index (χ4n) is 1.86. The third kappa shape index (κ3) is 4.16. The highest BCUT2D eigenvalue weighted by Crippen LogP contribution is 2.20. The highest BCUT2D eigenvalue weighted by molar-refractivity contribution is 7.17. The van der Waals surface area contributed by atoms with Crippen LogP contribution in [0.2, 0.25) is 0 Å². The molecule has 1 heterocycles. The number of amides is 1. The molecule has 0 aliphatic carbocycles.